The zero-order valence-corrected chi connectivity index (χ0v) is 9.53. The number of hydrogen-bond donors (Lipinski definition) is 1. The summed E-state index contributed by atoms with van der Waals surface area (Å²) in [6.45, 7) is 3.56. The molecule has 1 N–H and O–H groups in total. The molecule has 2 rings (SSSR count). The first-order valence-electron chi connectivity index (χ1n) is 4.71. The molecule has 0 aliphatic carbocycles. The van der Waals surface area contributed by atoms with Crippen LogP contribution in [-0.2, 0) is 0 Å². The van der Waals surface area contributed by atoms with E-state index in [4.69, 9.17) is 0 Å². The monoisotopic (exact) mass is 223 g/mol. The summed E-state index contributed by atoms with van der Waals surface area (Å²) in [6, 6.07) is 5.76. The second-order valence-corrected chi connectivity index (χ2v) is 4.96. The smallest absolute Gasteiger partial charge is 0.195 e. The van der Waals surface area contributed by atoms with Crippen molar-refractivity contribution in [1.29, 1.82) is 0 Å². The van der Waals surface area contributed by atoms with Gasteiger partial charge in [-0.15, -0.1) is 10.2 Å². The molecule has 4 nitrogen and oxygen atoms in total. The van der Waals surface area contributed by atoms with Gasteiger partial charge in [-0.05, 0) is 26.0 Å². The van der Waals surface area contributed by atoms with Crippen LogP contribution in [0.15, 0.2) is 29.6 Å². The predicted octanol–water partition coefficient (Wildman–Crippen LogP) is 1.59. The van der Waals surface area contributed by atoms with Crippen LogP contribution in [0, 0.1) is 0 Å². The molecule has 0 saturated heterocycles. The Kier molecular flexibility index (Phi) is 2.67. The summed E-state index contributed by atoms with van der Waals surface area (Å²) < 4.78 is 1.91. The Hall–Kier alpha value is -1.07. The average molecular weight is 223 g/mol. The molecule has 0 aromatic carbocycles. The van der Waals surface area contributed by atoms with Crippen molar-refractivity contribution in [2.24, 2.45) is 0 Å². The summed E-state index contributed by atoms with van der Waals surface area (Å²) in [5, 5.41) is 18.5. The Balaban J connectivity index is 2.22. The van der Waals surface area contributed by atoms with E-state index in [-0.39, 0.29) is 0 Å². The van der Waals surface area contributed by atoms with Crippen LogP contribution < -0.4 is 0 Å². The van der Waals surface area contributed by atoms with Crippen LogP contribution in [0.4, 0.5) is 0 Å². The summed E-state index contributed by atoms with van der Waals surface area (Å²) >= 11 is 1.50. The van der Waals surface area contributed by atoms with E-state index >= 15 is 0 Å². The lowest BCUT2D eigenvalue weighted by molar-refractivity contribution is 0.107. The minimum absolute atomic E-state index is 0.600. The highest BCUT2D eigenvalue weighted by atomic mass is 32.2. The number of thioether (sulfide) groups is 1. The third kappa shape index (κ3) is 2.49. The molecule has 2 aromatic heterocycles. The van der Waals surface area contributed by atoms with E-state index in [1.54, 1.807) is 13.8 Å². The van der Waals surface area contributed by atoms with Crippen molar-refractivity contribution in [1.82, 2.24) is 14.6 Å². The molecule has 0 unspecified atom stereocenters. The van der Waals surface area contributed by atoms with Crippen LogP contribution in [-0.4, -0.2) is 31.1 Å². The largest absolute Gasteiger partial charge is 0.390 e. The molecular weight excluding hydrogens is 210 g/mol. The highest BCUT2D eigenvalue weighted by Gasteiger charge is 2.15. The Morgan fingerprint density at radius 3 is 2.93 bits per heavy atom. The standard InChI is InChI=1S/C10H13N3OS/c1-10(2,14)7-15-9-12-11-8-5-3-4-6-13(8)9/h3-6,14H,7H2,1-2H3. The quantitative estimate of drug-likeness (QED) is 0.803. The number of aromatic nitrogens is 3. The molecule has 0 spiro atoms. The Labute approximate surface area is 92.3 Å². The number of rotatable bonds is 3. The molecule has 2 aromatic rings. The molecule has 80 valence electrons. The zero-order valence-electron chi connectivity index (χ0n) is 8.71. The van der Waals surface area contributed by atoms with Gasteiger partial charge in [-0.25, -0.2) is 0 Å². The van der Waals surface area contributed by atoms with E-state index in [2.05, 4.69) is 10.2 Å². The number of nitrogens with zero attached hydrogens (tertiary/aromatic N) is 3. The fraction of sp³-hybridized carbons (Fsp3) is 0.400. The highest BCUT2D eigenvalue weighted by molar-refractivity contribution is 7.99. The Bertz CT molecular complexity index is 461. The predicted molar refractivity (Wildman–Crippen MR) is 60.0 cm³/mol. The summed E-state index contributed by atoms with van der Waals surface area (Å²) in [7, 11) is 0. The SMILES string of the molecule is CC(C)(O)CSc1nnc2ccccn12. The third-order valence-electron chi connectivity index (χ3n) is 1.84. The molecule has 0 bridgehead atoms. The minimum atomic E-state index is -0.689. The fourth-order valence-corrected chi connectivity index (χ4v) is 2.03. The van der Waals surface area contributed by atoms with Crippen molar-refractivity contribution >= 4 is 17.4 Å². The number of pyridine rings is 1. The summed E-state index contributed by atoms with van der Waals surface area (Å²) in [5.41, 5.74) is 0.140. The van der Waals surface area contributed by atoms with Gasteiger partial charge in [0.05, 0.1) is 5.60 Å². The maximum atomic E-state index is 9.61. The van der Waals surface area contributed by atoms with Crippen molar-refractivity contribution in [3.8, 4) is 0 Å². The molecule has 0 saturated carbocycles. The van der Waals surface area contributed by atoms with Crippen LogP contribution in [0.2, 0.25) is 0 Å². The second kappa shape index (κ2) is 3.83. The van der Waals surface area contributed by atoms with Gasteiger partial charge in [-0.3, -0.25) is 4.40 Å². The number of fused-ring (bicyclic) bond motifs is 1. The summed E-state index contributed by atoms with van der Waals surface area (Å²) in [5.74, 6) is 0.600. The van der Waals surface area contributed by atoms with Crippen molar-refractivity contribution in [3.05, 3.63) is 24.4 Å². The van der Waals surface area contributed by atoms with Crippen LogP contribution in [0.25, 0.3) is 5.65 Å². The molecule has 0 aliphatic rings. The maximum absolute atomic E-state index is 9.61. The van der Waals surface area contributed by atoms with Gasteiger partial charge in [0.1, 0.15) is 0 Å². The van der Waals surface area contributed by atoms with Gasteiger partial charge >= 0.3 is 0 Å². The molecule has 5 heteroatoms. The molecule has 0 amide bonds. The lowest BCUT2D eigenvalue weighted by Crippen LogP contribution is -2.21. The van der Waals surface area contributed by atoms with E-state index in [1.165, 1.54) is 11.8 Å². The second-order valence-electron chi connectivity index (χ2n) is 4.01. The van der Waals surface area contributed by atoms with Crippen LogP contribution in [0.5, 0.6) is 0 Å². The molecule has 0 fully saturated rings. The van der Waals surface area contributed by atoms with Gasteiger partial charge in [-0.1, -0.05) is 17.8 Å². The lowest BCUT2D eigenvalue weighted by Gasteiger charge is -2.14. The van der Waals surface area contributed by atoms with E-state index in [0.29, 0.717) is 5.75 Å². The molecule has 0 aliphatic heterocycles. The van der Waals surface area contributed by atoms with E-state index in [9.17, 15) is 5.11 Å². The van der Waals surface area contributed by atoms with Gasteiger partial charge in [0.25, 0.3) is 0 Å². The lowest BCUT2D eigenvalue weighted by atomic mass is 10.2. The van der Waals surface area contributed by atoms with Crippen molar-refractivity contribution in [2.75, 3.05) is 5.75 Å². The number of hydrogen-bond acceptors (Lipinski definition) is 4. The Morgan fingerprint density at radius 2 is 2.20 bits per heavy atom. The van der Waals surface area contributed by atoms with Crippen LogP contribution >= 0.6 is 11.8 Å². The van der Waals surface area contributed by atoms with Crippen molar-refractivity contribution in [2.45, 2.75) is 24.6 Å². The van der Waals surface area contributed by atoms with Gasteiger partial charge in [-0.2, -0.15) is 0 Å². The first kappa shape index (κ1) is 10.4. The molecule has 0 radical (unpaired) electrons. The summed E-state index contributed by atoms with van der Waals surface area (Å²) in [6.07, 6.45) is 1.92. The highest BCUT2D eigenvalue weighted by Crippen LogP contribution is 2.20. The first-order valence-corrected chi connectivity index (χ1v) is 5.70. The summed E-state index contributed by atoms with van der Waals surface area (Å²) in [4.78, 5) is 0. The molecule has 15 heavy (non-hydrogen) atoms. The average Bonchev–Trinajstić information content (AvgIpc) is 2.57. The normalized spacial score (nSPS) is 12.2. The fourth-order valence-electron chi connectivity index (χ4n) is 1.16. The van der Waals surface area contributed by atoms with Crippen molar-refractivity contribution in [3.63, 3.8) is 0 Å². The third-order valence-corrected chi connectivity index (χ3v) is 3.22. The van der Waals surface area contributed by atoms with Gasteiger partial charge in [0, 0.05) is 11.9 Å². The van der Waals surface area contributed by atoms with Gasteiger partial charge < -0.3 is 5.11 Å². The molecule has 2 heterocycles. The molecule has 0 atom stereocenters. The first-order chi connectivity index (χ1) is 7.06. The van der Waals surface area contributed by atoms with Gasteiger partial charge in [0.2, 0.25) is 0 Å². The van der Waals surface area contributed by atoms with Crippen LogP contribution in [0.1, 0.15) is 13.8 Å². The topological polar surface area (TPSA) is 50.4 Å². The zero-order chi connectivity index (χ0) is 10.9. The van der Waals surface area contributed by atoms with Crippen molar-refractivity contribution < 1.29 is 5.11 Å². The maximum Gasteiger partial charge on any atom is 0.195 e. The van der Waals surface area contributed by atoms with E-state index in [0.717, 1.165) is 10.8 Å². The van der Waals surface area contributed by atoms with E-state index in [1.807, 2.05) is 28.8 Å². The minimum Gasteiger partial charge on any atom is -0.390 e. The Morgan fingerprint density at radius 1 is 1.40 bits per heavy atom. The number of aliphatic hydroxyl groups is 1. The molecular formula is C10H13N3OS. The van der Waals surface area contributed by atoms with E-state index < -0.39 is 5.60 Å². The van der Waals surface area contributed by atoms with Crippen LogP contribution in [0.3, 0.4) is 0 Å². The van der Waals surface area contributed by atoms with Gasteiger partial charge in [0.15, 0.2) is 10.8 Å².